The number of aryl methyl sites for hydroxylation is 1. The molecule has 1 saturated carbocycles. The van der Waals surface area contributed by atoms with Gasteiger partial charge >= 0.3 is 6.09 Å². The Morgan fingerprint density at radius 3 is 2.28 bits per heavy atom. The lowest BCUT2D eigenvalue weighted by Gasteiger charge is -2.32. The Morgan fingerprint density at radius 2 is 1.66 bits per heavy atom. The van der Waals surface area contributed by atoms with Gasteiger partial charge in [-0.2, -0.15) is 0 Å². The fraction of sp³-hybridized carbons (Fsp3) is 0.578. The first kappa shape index (κ1) is 44.6. The number of alkyl carbamates (subject to hydrolysis) is 1. The van der Waals surface area contributed by atoms with Gasteiger partial charge in [-0.1, -0.05) is 84.7 Å². The van der Waals surface area contributed by atoms with Gasteiger partial charge in [-0.25, -0.2) is 23.5 Å². The van der Waals surface area contributed by atoms with Gasteiger partial charge in [0, 0.05) is 18.0 Å². The Kier molecular flexibility index (Phi) is 12.2. The summed E-state index contributed by atoms with van der Waals surface area (Å²) in [5, 5.41) is 2.69. The highest BCUT2D eigenvalue weighted by molar-refractivity contribution is 6.78. The Morgan fingerprint density at radius 1 is 1.00 bits per heavy atom. The highest BCUT2D eigenvalue weighted by Gasteiger charge is 2.58. The van der Waals surface area contributed by atoms with Crippen LogP contribution in [0.3, 0.4) is 0 Å². The molecule has 0 bridgehead atoms. The summed E-state index contributed by atoms with van der Waals surface area (Å²) in [4.78, 5) is 59.7. The molecule has 7 rings (SSSR count). The Labute approximate surface area is 360 Å². The molecule has 1 aliphatic heterocycles. The van der Waals surface area contributed by atoms with E-state index >= 15 is 8.78 Å². The van der Waals surface area contributed by atoms with E-state index < -0.39 is 52.1 Å². The molecule has 0 spiro atoms. The van der Waals surface area contributed by atoms with Crippen molar-refractivity contribution in [2.24, 2.45) is 29.4 Å². The number of aromatic nitrogens is 4. The van der Waals surface area contributed by atoms with Crippen LogP contribution in [-0.4, -0.2) is 101 Å². The quantitative estimate of drug-likeness (QED) is 0.159. The molecular formula is C45H64F2N8O4Si2. The third kappa shape index (κ3) is 9.08. The molecule has 12 nitrogen and oxygen atoms in total. The lowest BCUT2D eigenvalue weighted by molar-refractivity contribution is -0.135. The number of nitrogens with one attached hydrogen (secondary N) is 3. The van der Waals surface area contributed by atoms with Crippen molar-refractivity contribution in [2.75, 3.05) is 19.4 Å². The highest BCUT2D eigenvalue weighted by Crippen LogP contribution is 2.59. The number of fused-ring (bicyclic) bond motifs is 4. The van der Waals surface area contributed by atoms with Crippen LogP contribution in [0, 0.1) is 23.7 Å². The van der Waals surface area contributed by atoms with E-state index in [1.165, 1.54) is 7.11 Å². The number of H-pyrrole nitrogens is 2. The molecule has 0 radical (unpaired) electrons. The minimum atomic E-state index is -2.97. The normalized spacial score (nSPS) is 23.8. The number of alkyl halides is 2. The Hall–Kier alpha value is -4.42. The number of imidazole rings is 2. The molecule has 16 heteroatoms. The number of hydrogen-bond donors (Lipinski definition) is 4. The number of amides is 3. The van der Waals surface area contributed by atoms with Crippen LogP contribution in [0.5, 0.6) is 0 Å². The third-order valence-electron chi connectivity index (χ3n) is 13.0. The van der Waals surface area contributed by atoms with Crippen molar-refractivity contribution in [1.82, 2.24) is 35.1 Å². The summed E-state index contributed by atoms with van der Waals surface area (Å²) in [5.74, 6) is -3.93. The van der Waals surface area contributed by atoms with Crippen molar-refractivity contribution < 1.29 is 27.9 Å². The topological polar surface area (TPSA) is 162 Å². The summed E-state index contributed by atoms with van der Waals surface area (Å²) < 4.78 is 38.2. The molecule has 5 N–H and O–H groups in total. The van der Waals surface area contributed by atoms with Crippen LogP contribution >= 0.6 is 0 Å². The number of rotatable bonds is 12. The molecule has 5 atom stereocenters. The average molecular weight is 875 g/mol. The zero-order valence-corrected chi connectivity index (χ0v) is 39.4. The van der Waals surface area contributed by atoms with Gasteiger partial charge in [-0.15, -0.1) is 0 Å². The SMILES string of the molecule is COC(=O)NC(C(=O)N(Cc1ncc(C2=CC=C3C4=CC=C(C5=Cc6nc(C7C[Si](C)(C)CN7C(=O)C(N)C(C)C)[nH]c6CC5)CC4C(F)(F)C3C2)[nH]1)C[Si](C)(C)C)C(C)C. The van der Waals surface area contributed by atoms with Crippen LogP contribution in [-0.2, 0) is 27.3 Å². The second kappa shape index (κ2) is 16.7. The number of allylic oxidation sites excluding steroid dienone is 9. The molecule has 2 fully saturated rings. The minimum absolute atomic E-state index is 0.0245. The summed E-state index contributed by atoms with van der Waals surface area (Å²) in [6.45, 7) is 19.0. The number of methoxy groups -OCH3 is 1. The largest absolute Gasteiger partial charge is 0.453 e. The number of nitrogens with zero attached hydrogens (tertiary/aromatic N) is 4. The Balaban J connectivity index is 1.08. The predicted octanol–water partition coefficient (Wildman–Crippen LogP) is 7.71. The van der Waals surface area contributed by atoms with Crippen LogP contribution in [0.4, 0.5) is 13.6 Å². The summed E-state index contributed by atoms with van der Waals surface area (Å²) in [6, 6.07) is -0.574. The standard InChI is InChI=1S/C45H64F2N8O4Si2/c1-25(2)39(48)42(56)55-24-61(9,10)22-37(55)41-51-34-16-13-28(19-35(34)52-41)27-11-14-30-31-15-12-29(18-33(31)45(46,47)32(30)17-27)36-20-49-38(50-36)21-54(23-60(6,7)8)43(57)40(26(3)4)53-44(58)59-5/h11-12,14-15,19-20,25-26,32-33,37,39-40H,13,16-18,21-24,48H2,1-10H3,(H,49,50)(H,51,52)(H,53,58). The monoisotopic (exact) mass is 874 g/mol. The lowest BCUT2D eigenvalue weighted by atomic mass is 9.81. The average Bonchev–Trinajstić information content (AvgIpc) is 3.97. The van der Waals surface area contributed by atoms with Crippen LogP contribution in [0.25, 0.3) is 11.6 Å². The van der Waals surface area contributed by atoms with E-state index in [0.29, 0.717) is 35.3 Å². The molecule has 0 aromatic carbocycles. The van der Waals surface area contributed by atoms with Crippen LogP contribution in [0.15, 0.2) is 52.8 Å². The van der Waals surface area contributed by atoms with Crippen LogP contribution in [0.2, 0.25) is 38.8 Å². The van der Waals surface area contributed by atoms with Crippen molar-refractivity contribution in [3.63, 3.8) is 0 Å². The van der Waals surface area contributed by atoms with E-state index in [1.54, 1.807) is 11.1 Å². The molecule has 2 aromatic rings. The van der Waals surface area contributed by atoms with E-state index in [9.17, 15) is 14.4 Å². The van der Waals surface area contributed by atoms with Gasteiger partial charge in [-0.3, -0.25) is 9.59 Å². The number of nitrogens with two attached hydrogens (primary N) is 1. The lowest BCUT2D eigenvalue weighted by Crippen LogP contribution is -2.54. The summed E-state index contributed by atoms with van der Waals surface area (Å²) in [5.41, 5.74) is 12.9. The second-order valence-electron chi connectivity index (χ2n) is 20.4. The van der Waals surface area contributed by atoms with Crippen molar-refractivity contribution in [3.05, 3.63) is 81.5 Å². The molecule has 3 heterocycles. The number of carbonyl (C=O) groups is 3. The van der Waals surface area contributed by atoms with Gasteiger partial charge in [0.2, 0.25) is 11.8 Å². The van der Waals surface area contributed by atoms with E-state index in [-0.39, 0.29) is 49.1 Å². The first-order valence-electron chi connectivity index (χ1n) is 21.8. The van der Waals surface area contributed by atoms with Crippen molar-refractivity contribution in [3.8, 4) is 0 Å². The summed E-state index contributed by atoms with van der Waals surface area (Å²) >= 11 is 0. The number of hydrogen-bond acceptors (Lipinski definition) is 7. The van der Waals surface area contributed by atoms with Gasteiger partial charge in [0.05, 0.1) is 71.3 Å². The molecule has 3 amide bonds. The number of halogens is 2. The van der Waals surface area contributed by atoms with E-state index in [2.05, 4.69) is 59.1 Å². The van der Waals surface area contributed by atoms with Crippen molar-refractivity contribution in [1.29, 1.82) is 0 Å². The molecule has 1 saturated heterocycles. The van der Waals surface area contributed by atoms with Crippen molar-refractivity contribution >= 4 is 45.7 Å². The van der Waals surface area contributed by atoms with Crippen LogP contribution < -0.4 is 11.1 Å². The number of aromatic amines is 2. The predicted molar refractivity (Wildman–Crippen MR) is 239 cm³/mol. The van der Waals surface area contributed by atoms with E-state index in [4.69, 9.17) is 15.5 Å². The summed E-state index contributed by atoms with van der Waals surface area (Å²) in [6.07, 6.45) is 13.9. The van der Waals surface area contributed by atoms with Gasteiger partial charge in [-0.05, 0) is 77.5 Å². The number of carbonyl (C=O) groups excluding carboxylic acids is 3. The molecule has 330 valence electrons. The second-order valence-corrected chi connectivity index (χ2v) is 30.9. The molecule has 5 unspecified atom stereocenters. The molecule has 61 heavy (non-hydrogen) atoms. The first-order valence-corrected chi connectivity index (χ1v) is 28.9. The smallest absolute Gasteiger partial charge is 0.407 e. The van der Waals surface area contributed by atoms with Gasteiger partial charge < -0.3 is 35.6 Å². The van der Waals surface area contributed by atoms with Crippen molar-refractivity contribution in [2.45, 2.75) is 123 Å². The number of ether oxygens (including phenoxy) is 1. The van der Waals surface area contributed by atoms with E-state index in [1.807, 2.05) is 56.9 Å². The van der Waals surface area contributed by atoms with Gasteiger partial charge in [0.15, 0.2) is 0 Å². The summed E-state index contributed by atoms with van der Waals surface area (Å²) in [7, 11) is -2.23. The van der Waals surface area contributed by atoms with Gasteiger partial charge in [0.25, 0.3) is 5.92 Å². The van der Waals surface area contributed by atoms with Gasteiger partial charge in [0.1, 0.15) is 17.7 Å². The third-order valence-corrected chi connectivity index (χ3v) is 17.0. The minimum Gasteiger partial charge on any atom is -0.453 e. The highest BCUT2D eigenvalue weighted by atomic mass is 28.3. The zero-order chi connectivity index (χ0) is 44.3. The molecule has 4 aliphatic carbocycles. The fourth-order valence-electron chi connectivity index (χ4n) is 9.72. The molecule has 5 aliphatic rings. The fourth-order valence-corrected chi connectivity index (χ4v) is 14.0. The molecule has 2 aromatic heterocycles. The maximum atomic E-state index is 16.7. The van der Waals surface area contributed by atoms with E-state index in [0.717, 1.165) is 52.6 Å². The Bertz CT molecular complexity index is 2230. The maximum Gasteiger partial charge on any atom is 0.407 e. The maximum absolute atomic E-state index is 16.7. The zero-order valence-electron chi connectivity index (χ0n) is 37.4. The molecular weight excluding hydrogens is 811 g/mol. The van der Waals surface area contributed by atoms with Crippen LogP contribution in [0.1, 0.15) is 81.7 Å². The first-order chi connectivity index (χ1) is 28.6.